The topological polar surface area (TPSA) is 68.2 Å². The molecule has 19 heavy (non-hydrogen) atoms. The van der Waals surface area contributed by atoms with Gasteiger partial charge in [0.05, 0.1) is 12.6 Å². The standard InChI is InChI=1S/C14H18N4O/c15-8-13-10-16-6-7-18(13)11-14(19)17-9-12-4-2-1-3-5-12/h1-5,13,16H,6-7,9-11H2,(H,17,19). The van der Waals surface area contributed by atoms with Crippen molar-refractivity contribution in [3.8, 4) is 6.07 Å². The molecule has 0 saturated carbocycles. The van der Waals surface area contributed by atoms with E-state index in [2.05, 4.69) is 16.7 Å². The first-order valence-corrected chi connectivity index (χ1v) is 6.44. The molecule has 2 rings (SSSR count). The Morgan fingerprint density at radius 1 is 1.47 bits per heavy atom. The largest absolute Gasteiger partial charge is 0.351 e. The number of rotatable bonds is 4. The number of carbonyl (C=O) groups is 1. The smallest absolute Gasteiger partial charge is 0.234 e. The van der Waals surface area contributed by atoms with E-state index in [9.17, 15) is 4.79 Å². The molecule has 1 aliphatic heterocycles. The molecule has 1 amide bonds. The lowest BCUT2D eigenvalue weighted by Gasteiger charge is -2.31. The molecule has 2 N–H and O–H groups in total. The number of nitriles is 1. The van der Waals surface area contributed by atoms with E-state index in [4.69, 9.17) is 5.26 Å². The summed E-state index contributed by atoms with van der Waals surface area (Å²) in [6, 6.07) is 11.8. The van der Waals surface area contributed by atoms with Crippen LogP contribution in [-0.4, -0.2) is 43.0 Å². The van der Waals surface area contributed by atoms with E-state index in [0.29, 0.717) is 13.1 Å². The van der Waals surface area contributed by atoms with E-state index in [-0.39, 0.29) is 18.5 Å². The van der Waals surface area contributed by atoms with Crippen molar-refractivity contribution in [3.63, 3.8) is 0 Å². The lowest BCUT2D eigenvalue weighted by Crippen LogP contribution is -2.53. The number of carbonyl (C=O) groups excluding carboxylic acids is 1. The van der Waals surface area contributed by atoms with Crippen molar-refractivity contribution in [1.82, 2.24) is 15.5 Å². The third-order valence-corrected chi connectivity index (χ3v) is 3.18. The van der Waals surface area contributed by atoms with E-state index >= 15 is 0 Å². The van der Waals surface area contributed by atoms with E-state index in [1.54, 1.807) is 0 Å². The summed E-state index contributed by atoms with van der Waals surface area (Å²) < 4.78 is 0. The fraction of sp³-hybridized carbons (Fsp3) is 0.429. The summed E-state index contributed by atoms with van der Waals surface area (Å²) in [4.78, 5) is 13.8. The van der Waals surface area contributed by atoms with Gasteiger partial charge in [0.2, 0.25) is 5.91 Å². The Kier molecular flexibility index (Phi) is 4.90. The van der Waals surface area contributed by atoms with Gasteiger partial charge in [0.15, 0.2) is 0 Å². The highest BCUT2D eigenvalue weighted by molar-refractivity contribution is 5.78. The Hall–Kier alpha value is -1.90. The fourth-order valence-corrected chi connectivity index (χ4v) is 2.10. The highest BCUT2D eigenvalue weighted by Crippen LogP contribution is 2.02. The number of piperazine rings is 1. The molecule has 1 atom stereocenters. The highest BCUT2D eigenvalue weighted by atomic mass is 16.2. The minimum Gasteiger partial charge on any atom is -0.351 e. The first-order valence-electron chi connectivity index (χ1n) is 6.44. The molecule has 0 aliphatic carbocycles. The second-order valence-electron chi connectivity index (χ2n) is 4.58. The van der Waals surface area contributed by atoms with Gasteiger partial charge in [0.25, 0.3) is 0 Å². The molecule has 1 aliphatic rings. The van der Waals surface area contributed by atoms with Crippen LogP contribution in [0.3, 0.4) is 0 Å². The predicted molar refractivity (Wildman–Crippen MR) is 72.1 cm³/mol. The van der Waals surface area contributed by atoms with E-state index < -0.39 is 0 Å². The van der Waals surface area contributed by atoms with Crippen LogP contribution >= 0.6 is 0 Å². The second kappa shape index (κ2) is 6.88. The first kappa shape index (κ1) is 13.5. The molecule has 5 nitrogen and oxygen atoms in total. The van der Waals surface area contributed by atoms with Crippen LogP contribution in [-0.2, 0) is 11.3 Å². The number of hydrogen-bond donors (Lipinski definition) is 2. The van der Waals surface area contributed by atoms with Crippen molar-refractivity contribution in [2.45, 2.75) is 12.6 Å². The summed E-state index contributed by atoms with van der Waals surface area (Å²) >= 11 is 0. The Morgan fingerprint density at radius 2 is 2.26 bits per heavy atom. The molecule has 1 fully saturated rings. The van der Waals surface area contributed by atoms with Crippen molar-refractivity contribution in [3.05, 3.63) is 35.9 Å². The Labute approximate surface area is 113 Å². The molecule has 1 aromatic rings. The average Bonchev–Trinajstić information content (AvgIpc) is 2.47. The molecule has 0 radical (unpaired) electrons. The minimum atomic E-state index is -0.212. The van der Waals surface area contributed by atoms with Crippen molar-refractivity contribution in [2.24, 2.45) is 0 Å². The van der Waals surface area contributed by atoms with Gasteiger partial charge in [-0.3, -0.25) is 9.69 Å². The normalized spacial score (nSPS) is 19.6. The van der Waals surface area contributed by atoms with Gasteiger partial charge in [-0.25, -0.2) is 0 Å². The SMILES string of the molecule is N#CC1CNCCN1CC(=O)NCc1ccccc1. The van der Waals surface area contributed by atoms with Crippen molar-refractivity contribution < 1.29 is 4.79 Å². The molecular weight excluding hydrogens is 240 g/mol. The summed E-state index contributed by atoms with van der Waals surface area (Å²) in [5.41, 5.74) is 1.08. The van der Waals surface area contributed by atoms with Crippen molar-refractivity contribution in [2.75, 3.05) is 26.2 Å². The molecule has 1 heterocycles. The van der Waals surface area contributed by atoms with Crippen LogP contribution in [0.25, 0.3) is 0 Å². The quantitative estimate of drug-likeness (QED) is 0.804. The van der Waals surface area contributed by atoms with Gasteiger partial charge in [-0.2, -0.15) is 5.26 Å². The monoisotopic (exact) mass is 258 g/mol. The van der Waals surface area contributed by atoms with Gasteiger partial charge in [0.1, 0.15) is 6.04 Å². The summed E-state index contributed by atoms with van der Waals surface area (Å²) in [7, 11) is 0. The predicted octanol–water partition coefficient (Wildman–Crippen LogP) is 0.100. The number of benzene rings is 1. The van der Waals surface area contributed by atoms with Crippen LogP contribution in [0.2, 0.25) is 0 Å². The molecule has 0 bridgehead atoms. The lowest BCUT2D eigenvalue weighted by atomic mass is 10.2. The van der Waals surface area contributed by atoms with Crippen molar-refractivity contribution >= 4 is 5.91 Å². The Bertz CT molecular complexity index is 454. The van der Waals surface area contributed by atoms with E-state index in [0.717, 1.165) is 18.7 Å². The molecule has 1 unspecified atom stereocenters. The summed E-state index contributed by atoms with van der Waals surface area (Å²) in [6.07, 6.45) is 0. The Morgan fingerprint density at radius 3 is 3.00 bits per heavy atom. The van der Waals surface area contributed by atoms with Crippen molar-refractivity contribution in [1.29, 1.82) is 5.26 Å². The molecule has 0 spiro atoms. The van der Waals surface area contributed by atoms with Crippen LogP contribution in [0.5, 0.6) is 0 Å². The zero-order valence-corrected chi connectivity index (χ0v) is 10.8. The maximum Gasteiger partial charge on any atom is 0.234 e. The molecular formula is C14H18N4O. The summed E-state index contributed by atoms with van der Waals surface area (Å²) in [5, 5.41) is 15.1. The summed E-state index contributed by atoms with van der Waals surface area (Å²) in [5.74, 6) is -0.0361. The number of hydrogen-bond acceptors (Lipinski definition) is 4. The number of amides is 1. The van der Waals surface area contributed by atoms with Gasteiger partial charge < -0.3 is 10.6 Å². The third kappa shape index (κ3) is 4.05. The Balaban J connectivity index is 1.79. The van der Waals surface area contributed by atoms with E-state index in [1.807, 2.05) is 35.2 Å². The lowest BCUT2D eigenvalue weighted by molar-refractivity contribution is -0.122. The van der Waals surface area contributed by atoms with Gasteiger partial charge in [-0.15, -0.1) is 0 Å². The fourth-order valence-electron chi connectivity index (χ4n) is 2.10. The van der Waals surface area contributed by atoms with Crippen LogP contribution in [0.15, 0.2) is 30.3 Å². The molecule has 100 valence electrons. The zero-order valence-electron chi connectivity index (χ0n) is 10.8. The van der Waals surface area contributed by atoms with Crippen LogP contribution < -0.4 is 10.6 Å². The number of nitrogens with one attached hydrogen (secondary N) is 2. The van der Waals surface area contributed by atoms with Crippen LogP contribution in [0.4, 0.5) is 0 Å². The third-order valence-electron chi connectivity index (χ3n) is 3.18. The first-order chi connectivity index (χ1) is 9.29. The molecule has 1 aromatic carbocycles. The molecule has 1 saturated heterocycles. The summed E-state index contributed by atoms with van der Waals surface area (Å²) in [6.45, 7) is 3.00. The highest BCUT2D eigenvalue weighted by Gasteiger charge is 2.23. The van der Waals surface area contributed by atoms with Gasteiger partial charge in [-0.1, -0.05) is 30.3 Å². The molecule has 5 heteroatoms. The second-order valence-corrected chi connectivity index (χ2v) is 4.58. The van der Waals surface area contributed by atoms with Gasteiger partial charge >= 0.3 is 0 Å². The minimum absolute atomic E-state index is 0.0361. The molecule has 0 aromatic heterocycles. The van der Waals surface area contributed by atoms with Crippen LogP contribution in [0.1, 0.15) is 5.56 Å². The number of nitrogens with zero attached hydrogens (tertiary/aromatic N) is 2. The van der Waals surface area contributed by atoms with Crippen LogP contribution in [0, 0.1) is 11.3 Å². The van der Waals surface area contributed by atoms with E-state index in [1.165, 1.54) is 0 Å². The van der Waals surface area contributed by atoms with Gasteiger partial charge in [-0.05, 0) is 5.56 Å². The zero-order chi connectivity index (χ0) is 13.5. The maximum absolute atomic E-state index is 11.9. The average molecular weight is 258 g/mol. The van der Waals surface area contributed by atoms with Gasteiger partial charge in [0, 0.05) is 26.2 Å². The maximum atomic E-state index is 11.9.